The average Bonchev–Trinajstić information content (AvgIpc) is 2.57. The molecule has 0 aromatic rings. The number of hydrogen-bond acceptors (Lipinski definition) is 1. The van der Waals surface area contributed by atoms with Gasteiger partial charge in [-0.25, -0.2) is 0 Å². The summed E-state index contributed by atoms with van der Waals surface area (Å²) in [5, 5.41) is 0. The van der Waals surface area contributed by atoms with Crippen molar-refractivity contribution < 1.29 is 4.74 Å². The van der Waals surface area contributed by atoms with E-state index in [0.29, 0.717) is 0 Å². The van der Waals surface area contributed by atoms with E-state index in [2.05, 4.69) is 46.5 Å². The molecule has 0 unspecified atom stereocenters. The van der Waals surface area contributed by atoms with E-state index in [0.717, 1.165) is 11.0 Å². The molecule has 0 saturated heterocycles. The third-order valence-corrected chi connectivity index (χ3v) is 19.1. The van der Waals surface area contributed by atoms with E-state index in [1.807, 2.05) is 0 Å². The Labute approximate surface area is 151 Å². The van der Waals surface area contributed by atoms with E-state index in [4.69, 9.17) is 4.74 Å². The second kappa shape index (κ2) is 15.8. The summed E-state index contributed by atoms with van der Waals surface area (Å²) in [6, 6.07) is 0. The fourth-order valence-corrected chi connectivity index (χ4v) is 17.6. The first kappa shape index (κ1) is 23.3. The Bertz CT molecular complexity index is 294. The molecule has 0 fully saturated rings. The zero-order chi connectivity index (χ0) is 17.4. The molecule has 136 valence electrons. The molecule has 0 spiro atoms. The van der Waals surface area contributed by atoms with E-state index in [1.54, 1.807) is 0 Å². The summed E-state index contributed by atoms with van der Waals surface area (Å²) in [5.41, 5.74) is 0. The Morgan fingerprint density at radius 1 is 0.783 bits per heavy atom. The van der Waals surface area contributed by atoms with Crippen LogP contribution in [-0.2, 0) is 4.74 Å². The van der Waals surface area contributed by atoms with Gasteiger partial charge in [0.25, 0.3) is 0 Å². The van der Waals surface area contributed by atoms with Gasteiger partial charge in [0.15, 0.2) is 0 Å². The van der Waals surface area contributed by atoms with Crippen molar-refractivity contribution in [3.8, 4) is 11.8 Å². The maximum absolute atomic E-state index is 6.30. The maximum atomic E-state index is 6.30. The summed E-state index contributed by atoms with van der Waals surface area (Å²) in [5.74, 6) is 6.62. The van der Waals surface area contributed by atoms with Gasteiger partial charge in [-0.3, -0.25) is 0 Å². The molecule has 0 rings (SSSR count). The number of ether oxygens (including phenoxy) is 1. The molecular weight excluding hydrogens is 387 g/mol. The minimum absolute atomic E-state index is 0.132. The molecule has 0 aliphatic heterocycles. The van der Waals surface area contributed by atoms with Crippen LogP contribution in [0.5, 0.6) is 0 Å². The van der Waals surface area contributed by atoms with Crippen LogP contribution in [0.25, 0.3) is 0 Å². The summed E-state index contributed by atoms with van der Waals surface area (Å²) < 4.78 is 12.0. The average molecular weight is 429 g/mol. The van der Waals surface area contributed by atoms with Crippen LogP contribution in [0.15, 0.2) is 0 Å². The molecule has 23 heavy (non-hydrogen) atoms. The summed E-state index contributed by atoms with van der Waals surface area (Å²) in [6.07, 6.45) is 11.9. The summed E-state index contributed by atoms with van der Waals surface area (Å²) in [4.78, 5) is 0. The quantitative estimate of drug-likeness (QED) is 0.165. The fourth-order valence-electron chi connectivity index (χ4n) is 3.07. The molecule has 0 aliphatic carbocycles. The van der Waals surface area contributed by atoms with Gasteiger partial charge in [-0.1, -0.05) is 0 Å². The van der Waals surface area contributed by atoms with Crippen LogP contribution < -0.4 is 0 Å². The standard InChI is InChI=1S/C9H15O.3C4H9.Sn/c1-4-5-6-7-8-9(2)10-3;3*1-3-4-2;/h9H,3-6H2,1-2H3;3*1,3-4H2,2H3;/t9-;;;;/m1..../s1. The van der Waals surface area contributed by atoms with Crippen molar-refractivity contribution in [2.45, 2.75) is 112 Å². The van der Waals surface area contributed by atoms with Gasteiger partial charge in [0.1, 0.15) is 0 Å². The third kappa shape index (κ3) is 12.3. The van der Waals surface area contributed by atoms with E-state index >= 15 is 0 Å². The van der Waals surface area contributed by atoms with Gasteiger partial charge in [0.2, 0.25) is 0 Å². The Morgan fingerprint density at radius 3 is 1.70 bits per heavy atom. The fraction of sp³-hybridized carbons (Fsp3) is 0.905. The Morgan fingerprint density at radius 2 is 1.26 bits per heavy atom. The first-order valence-electron chi connectivity index (χ1n) is 10.2. The van der Waals surface area contributed by atoms with Crippen LogP contribution in [0.1, 0.15) is 92.4 Å². The van der Waals surface area contributed by atoms with Crippen molar-refractivity contribution in [2.24, 2.45) is 0 Å². The van der Waals surface area contributed by atoms with Crippen molar-refractivity contribution in [3.63, 3.8) is 0 Å². The van der Waals surface area contributed by atoms with Crippen LogP contribution in [0, 0.1) is 11.8 Å². The molecule has 2 heteroatoms. The van der Waals surface area contributed by atoms with Crippen molar-refractivity contribution in [1.29, 1.82) is 0 Å². The predicted molar refractivity (Wildman–Crippen MR) is 108 cm³/mol. The van der Waals surface area contributed by atoms with Gasteiger partial charge in [-0.05, 0) is 0 Å². The Balaban J connectivity index is 4.63. The summed E-state index contributed by atoms with van der Waals surface area (Å²) >= 11 is -2.11. The first-order chi connectivity index (χ1) is 11.1. The monoisotopic (exact) mass is 430 g/mol. The van der Waals surface area contributed by atoms with Crippen LogP contribution in [0.2, 0.25) is 13.3 Å². The summed E-state index contributed by atoms with van der Waals surface area (Å²) in [6.45, 7) is 11.4. The first-order valence-corrected chi connectivity index (χ1v) is 18.3. The van der Waals surface area contributed by atoms with Gasteiger partial charge in [0, 0.05) is 0 Å². The zero-order valence-electron chi connectivity index (χ0n) is 16.7. The molecule has 0 aromatic heterocycles. The number of unbranched alkanes of at least 4 members (excludes halogenated alkanes) is 5. The van der Waals surface area contributed by atoms with E-state index in [9.17, 15) is 0 Å². The summed E-state index contributed by atoms with van der Waals surface area (Å²) in [7, 11) is 0. The molecule has 0 N–H and O–H groups in total. The molecule has 0 amide bonds. The van der Waals surface area contributed by atoms with Gasteiger partial charge < -0.3 is 0 Å². The minimum atomic E-state index is -2.11. The van der Waals surface area contributed by atoms with Crippen LogP contribution >= 0.6 is 0 Å². The Hall–Kier alpha value is 0.319. The second-order valence-corrected chi connectivity index (χ2v) is 20.9. The van der Waals surface area contributed by atoms with Crippen LogP contribution in [0.3, 0.4) is 0 Å². The van der Waals surface area contributed by atoms with E-state index in [-0.39, 0.29) is 6.10 Å². The van der Waals surface area contributed by atoms with E-state index in [1.165, 1.54) is 64.7 Å². The molecule has 0 aromatic carbocycles. The molecule has 1 nitrogen and oxygen atoms in total. The second-order valence-electron chi connectivity index (χ2n) is 7.19. The van der Waals surface area contributed by atoms with Gasteiger partial charge >= 0.3 is 151 Å². The van der Waals surface area contributed by atoms with Crippen LogP contribution in [0.4, 0.5) is 0 Å². The van der Waals surface area contributed by atoms with Gasteiger partial charge in [-0.15, -0.1) is 0 Å². The van der Waals surface area contributed by atoms with Crippen molar-refractivity contribution in [3.05, 3.63) is 0 Å². The van der Waals surface area contributed by atoms with Crippen LogP contribution in [-0.4, -0.2) is 29.1 Å². The molecule has 0 heterocycles. The number of rotatable bonds is 14. The van der Waals surface area contributed by atoms with E-state index < -0.39 is 18.4 Å². The van der Waals surface area contributed by atoms with Crippen molar-refractivity contribution >= 4 is 18.4 Å². The zero-order valence-corrected chi connectivity index (χ0v) is 19.5. The molecule has 0 bridgehead atoms. The molecule has 1 atom stereocenters. The normalized spacial score (nSPS) is 12.7. The SMILES string of the molecule is CCCCC#C[C@@H](C)O[CH2][Sn]([CH2]CCC)([CH2]CCC)[CH2]CCC. The van der Waals surface area contributed by atoms with Gasteiger partial charge in [0.05, 0.1) is 0 Å². The predicted octanol–water partition coefficient (Wildman–Crippen LogP) is 6.97. The topological polar surface area (TPSA) is 9.23 Å². The molecule has 0 aliphatic rings. The van der Waals surface area contributed by atoms with Crippen molar-refractivity contribution in [2.75, 3.05) is 4.62 Å². The van der Waals surface area contributed by atoms with Crippen molar-refractivity contribution in [1.82, 2.24) is 0 Å². The molecule has 0 radical (unpaired) electrons. The molecule has 0 saturated carbocycles. The Kier molecular flexibility index (Phi) is 16.0. The van der Waals surface area contributed by atoms with Gasteiger partial charge in [-0.2, -0.15) is 0 Å². The number of hydrogen-bond donors (Lipinski definition) is 0. The third-order valence-electron chi connectivity index (χ3n) is 4.78. The molecular formula is C21H42OSn.